The van der Waals surface area contributed by atoms with Crippen molar-refractivity contribution in [1.82, 2.24) is 0 Å². The van der Waals surface area contributed by atoms with E-state index in [0.717, 1.165) is 25.7 Å². The second-order valence-electron chi connectivity index (χ2n) is 3.98. The van der Waals surface area contributed by atoms with Gasteiger partial charge in [-0.05, 0) is 6.42 Å². The van der Waals surface area contributed by atoms with Gasteiger partial charge >= 0.3 is 12.2 Å². The van der Waals surface area contributed by atoms with Crippen LogP contribution < -0.4 is 11.5 Å². The van der Waals surface area contributed by atoms with Gasteiger partial charge in [0, 0.05) is 5.92 Å². The lowest BCUT2D eigenvalue weighted by molar-refractivity contribution is 0.0896. The molecule has 0 aliphatic heterocycles. The van der Waals surface area contributed by atoms with Crippen molar-refractivity contribution in [2.75, 3.05) is 13.2 Å². The highest BCUT2D eigenvalue weighted by molar-refractivity contribution is 5.65. The van der Waals surface area contributed by atoms with E-state index in [2.05, 4.69) is 6.92 Å². The standard InChI is InChI=1S/C11H22N2O4/c1-2-3-4-5-6-9(7-16-10(12)14)8-17-11(13)15/h9H,2-8H2,1H3,(H2,12,14)(H2,13,15). The van der Waals surface area contributed by atoms with E-state index in [1.54, 1.807) is 0 Å². The Morgan fingerprint density at radius 1 is 1.00 bits per heavy atom. The average molecular weight is 246 g/mol. The number of carbonyl (C=O) groups is 2. The fraction of sp³-hybridized carbons (Fsp3) is 0.818. The second-order valence-corrected chi connectivity index (χ2v) is 3.98. The minimum absolute atomic E-state index is 0.0353. The largest absolute Gasteiger partial charge is 0.449 e. The third-order valence-corrected chi connectivity index (χ3v) is 2.39. The fourth-order valence-corrected chi connectivity index (χ4v) is 1.47. The second kappa shape index (κ2) is 9.74. The lowest BCUT2D eigenvalue weighted by atomic mass is 10.0. The molecule has 0 aromatic carbocycles. The number of primary amides is 2. The van der Waals surface area contributed by atoms with E-state index in [-0.39, 0.29) is 19.1 Å². The molecule has 6 heteroatoms. The molecule has 0 saturated heterocycles. The molecule has 0 aliphatic carbocycles. The third kappa shape index (κ3) is 10.8. The van der Waals surface area contributed by atoms with Gasteiger partial charge in [0.15, 0.2) is 0 Å². The van der Waals surface area contributed by atoms with Gasteiger partial charge in [-0.25, -0.2) is 9.59 Å². The van der Waals surface area contributed by atoms with Crippen LogP contribution in [-0.2, 0) is 9.47 Å². The van der Waals surface area contributed by atoms with Gasteiger partial charge in [-0.3, -0.25) is 0 Å². The molecule has 0 saturated carbocycles. The van der Waals surface area contributed by atoms with Crippen molar-refractivity contribution in [2.24, 2.45) is 17.4 Å². The Labute approximate surface area is 102 Å². The molecule has 0 heterocycles. The van der Waals surface area contributed by atoms with Crippen LogP contribution in [0.25, 0.3) is 0 Å². The van der Waals surface area contributed by atoms with E-state index >= 15 is 0 Å². The van der Waals surface area contributed by atoms with Crippen molar-refractivity contribution in [2.45, 2.75) is 39.0 Å². The van der Waals surface area contributed by atoms with Gasteiger partial charge in [0.1, 0.15) is 0 Å². The molecule has 0 aliphatic rings. The number of hydrogen-bond acceptors (Lipinski definition) is 4. The molecule has 0 radical (unpaired) electrons. The zero-order valence-electron chi connectivity index (χ0n) is 10.3. The molecular formula is C11H22N2O4. The highest BCUT2D eigenvalue weighted by Gasteiger charge is 2.12. The minimum Gasteiger partial charge on any atom is -0.449 e. The maximum Gasteiger partial charge on any atom is 0.404 e. The third-order valence-electron chi connectivity index (χ3n) is 2.39. The number of hydrogen-bond donors (Lipinski definition) is 2. The Bertz CT molecular complexity index is 216. The monoisotopic (exact) mass is 246 g/mol. The molecule has 100 valence electrons. The van der Waals surface area contributed by atoms with E-state index in [1.165, 1.54) is 6.42 Å². The number of unbranched alkanes of at least 4 members (excludes halogenated alkanes) is 3. The van der Waals surface area contributed by atoms with E-state index < -0.39 is 12.2 Å². The fourth-order valence-electron chi connectivity index (χ4n) is 1.47. The van der Waals surface area contributed by atoms with Crippen LogP contribution in [-0.4, -0.2) is 25.4 Å². The maximum atomic E-state index is 10.5. The molecule has 0 atom stereocenters. The Morgan fingerprint density at radius 2 is 1.53 bits per heavy atom. The summed E-state index contributed by atoms with van der Waals surface area (Å²) in [6.07, 6.45) is 3.62. The van der Waals surface area contributed by atoms with Crippen molar-refractivity contribution in [3.8, 4) is 0 Å². The molecule has 0 aromatic rings. The zero-order valence-corrected chi connectivity index (χ0v) is 10.3. The summed E-state index contributed by atoms with van der Waals surface area (Å²) in [5.41, 5.74) is 9.76. The Kier molecular flexibility index (Phi) is 8.91. The topological polar surface area (TPSA) is 105 Å². The number of rotatable bonds is 9. The summed E-state index contributed by atoms with van der Waals surface area (Å²) >= 11 is 0. The van der Waals surface area contributed by atoms with Gasteiger partial charge in [0.25, 0.3) is 0 Å². The average Bonchev–Trinajstić information content (AvgIpc) is 2.26. The van der Waals surface area contributed by atoms with Crippen LogP contribution >= 0.6 is 0 Å². The van der Waals surface area contributed by atoms with Gasteiger partial charge in [-0.1, -0.05) is 32.6 Å². The maximum absolute atomic E-state index is 10.5. The van der Waals surface area contributed by atoms with Crippen LogP contribution in [0.3, 0.4) is 0 Å². The Hall–Kier alpha value is -1.46. The van der Waals surface area contributed by atoms with Gasteiger partial charge in [0.05, 0.1) is 13.2 Å². The van der Waals surface area contributed by atoms with Crippen LogP contribution in [0.5, 0.6) is 0 Å². The summed E-state index contributed by atoms with van der Waals surface area (Å²) in [6, 6.07) is 0. The summed E-state index contributed by atoms with van der Waals surface area (Å²) in [5, 5.41) is 0. The van der Waals surface area contributed by atoms with Gasteiger partial charge in [-0.15, -0.1) is 0 Å². The van der Waals surface area contributed by atoms with E-state index in [9.17, 15) is 9.59 Å². The first-order valence-corrected chi connectivity index (χ1v) is 5.90. The normalized spacial score (nSPS) is 10.2. The van der Waals surface area contributed by atoms with Crippen LogP contribution in [0, 0.1) is 5.92 Å². The quantitative estimate of drug-likeness (QED) is 0.605. The molecule has 17 heavy (non-hydrogen) atoms. The molecule has 4 N–H and O–H groups in total. The molecule has 0 aromatic heterocycles. The zero-order chi connectivity index (χ0) is 13.1. The summed E-state index contributed by atoms with van der Waals surface area (Å²) in [5.74, 6) is -0.0353. The van der Waals surface area contributed by atoms with Gasteiger partial charge in [0.2, 0.25) is 0 Å². The SMILES string of the molecule is CCCCCCC(COC(N)=O)COC(N)=O. The summed E-state index contributed by atoms with van der Waals surface area (Å²) in [7, 11) is 0. The first kappa shape index (κ1) is 15.5. The summed E-state index contributed by atoms with van der Waals surface area (Å²) in [6.45, 7) is 2.45. The van der Waals surface area contributed by atoms with Crippen LogP contribution in [0.1, 0.15) is 39.0 Å². The van der Waals surface area contributed by atoms with Crippen LogP contribution in [0.2, 0.25) is 0 Å². The van der Waals surface area contributed by atoms with Crippen molar-refractivity contribution in [1.29, 1.82) is 0 Å². The van der Waals surface area contributed by atoms with E-state index in [4.69, 9.17) is 20.9 Å². The highest BCUT2D eigenvalue weighted by atomic mass is 16.6. The number of nitrogens with two attached hydrogens (primary N) is 2. The molecule has 6 nitrogen and oxygen atoms in total. The highest BCUT2D eigenvalue weighted by Crippen LogP contribution is 2.12. The summed E-state index contributed by atoms with van der Waals surface area (Å²) < 4.78 is 9.40. The number of carbonyl (C=O) groups excluding carboxylic acids is 2. The molecule has 0 spiro atoms. The summed E-state index contributed by atoms with van der Waals surface area (Å²) in [4.78, 5) is 21.0. The number of ether oxygens (including phenoxy) is 2. The first-order chi connectivity index (χ1) is 8.06. The van der Waals surface area contributed by atoms with E-state index in [1.807, 2.05) is 0 Å². The molecule has 0 bridgehead atoms. The molecule has 0 unspecified atom stereocenters. The predicted octanol–water partition coefficient (Wildman–Crippen LogP) is 1.76. The van der Waals surface area contributed by atoms with E-state index in [0.29, 0.717) is 0 Å². The smallest absolute Gasteiger partial charge is 0.404 e. The predicted molar refractivity (Wildman–Crippen MR) is 63.3 cm³/mol. The minimum atomic E-state index is -0.817. The molecular weight excluding hydrogens is 224 g/mol. The van der Waals surface area contributed by atoms with Crippen LogP contribution in [0.15, 0.2) is 0 Å². The molecule has 0 fully saturated rings. The Balaban J connectivity index is 3.83. The lowest BCUT2D eigenvalue weighted by Gasteiger charge is -2.15. The van der Waals surface area contributed by atoms with Gasteiger partial charge < -0.3 is 20.9 Å². The van der Waals surface area contributed by atoms with Crippen molar-refractivity contribution >= 4 is 12.2 Å². The lowest BCUT2D eigenvalue weighted by Crippen LogP contribution is -2.25. The van der Waals surface area contributed by atoms with Crippen molar-refractivity contribution in [3.05, 3.63) is 0 Å². The van der Waals surface area contributed by atoms with Crippen molar-refractivity contribution in [3.63, 3.8) is 0 Å². The Morgan fingerprint density at radius 3 is 1.94 bits per heavy atom. The van der Waals surface area contributed by atoms with Gasteiger partial charge in [-0.2, -0.15) is 0 Å². The first-order valence-electron chi connectivity index (χ1n) is 5.90. The number of amides is 2. The van der Waals surface area contributed by atoms with Crippen molar-refractivity contribution < 1.29 is 19.1 Å². The molecule has 0 rings (SSSR count). The molecule has 2 amide bonds. The van der Waals surface area contributed by atoms with Crippen LogP contribution in [0.4, 0.5) is 9.59 Å².